The minimum absolute atomic E-state index is 0.0655. The molecule has 132 valence electrons. The first-order valence-electron chi connectivity index (χ1n) is 8.07. The van der Waals surface area contributed by atoms with Crippen molar-refractivity contribution in [3.8, 4) is 0 Å². The highest BCUT2D eigenvalue weighted by Gasteiger charge is 2.30. The molecule has 7 heteroatoms. The van der Waals surface area contributed by atoms with Gasteiger partial charge in [-0.25, -0.2) is 8.78 Å². The van der Waals surface area contributed by atoms with Crippen LogP contribution in [0, 0.1) is 17.6 Å². The van der Waals surface area contributed by atoms with Gasteiger partial charge in [0.15, 0.2) is 0 Å². The molecule has 25 heavy (non-hydrogen) atoms. The molecule has 3 rings (SSSR count). The van der Waals surface area contributed by atoms with Crippen LogP contribution in [-0.4, -0.2) is 34.0 Å². The molecule has 1 fully saturated rings. The Bertz CT molecular complexity index is 829. The molecule has 5 nitrogen and oxygen atoms in total. The molecule has 1 aliphatic rings. The van der Waals surface area contributed by atoms with Crippen molar-refractivity contribution in [2.24, 2.45) is 5.92 Å². The number of benzene rings is 1. The van der Waals surface area contributed by atoms with E-state index in [0.717, 1.165) is 18.2 Å². The van der Waals surface area contributed by atoms with Crippen LogP contribution in [0.5, 0.6) is 0 Å². The van der Waals surface area contributed by atoms with Crippen LogP contribution in [0.3, 0.4) is 0 Å². The van der Waals surface area contributed by atoms with Gasteiger partial charge in [0.05, 0.1) is 6.10 Å². The number of aromatic nitrogens is 1. The van der Waals surface area contributed by atoms with E-state index in [1.807, 2.05) is 0 Å². The molecular formula is C18H18F2N2O3. The highest BCUT2D eigenvalue weighted by atomic mass is 19.1. The second-order valence-corrected chi connectivity index (χ2v) is 6.15. The lowest BCUT2D eigenvalue weighted by atomic mass is 9.87. The van der Waals surface area contributed by atoms with Crippen LogP contribution in [0.1, 0.15) is 34.9 Å². The number of nitrogens with zero attached hydrogens (tertiary/aromatic N) is 1. The van der Waals surface area contributed by atoms with E-state index in [1.54, 1.807) is 6.07 Å². The average Bonchev–Trinajstić information content (AvgIpc) is 2.63. The first kappa shape index (κ1) is 17.3. The van der Waals surface area contributed by atoms with Crippen molar-refractivity contribution in [2.75, 3.05) is 13.1 Å². The molecule has 1 aliphatic heterocycles. The Morgan fingerprint density at radius 2 is 1.96 bits per heavy atom. The number of halogens is 2. The minimum atomic E-state index is -1.13. The molecule has 2 heterocycles. The molecular weight excluding hydrogens is 330 g/mol. The summed E-state index contributed by atoms with van der Waals surface area (Å²) in [5.41, 5.74) is -0.446. The zero-order valence-corrected chi connectivity index (χ0v) is 13.4. The molecule has 0 saturated carbocycles. The number of carbonyl (C=O) groups excluding carboxylic acids is 1. The number of likely N-dealkylation sites (tertiary alicyclic amines) is 1. The quantitative estimate of drug-likeness (QED) is 0.893. The lowest BCUT2D eigenvalue weighted by Gasteiger charge is -2.34. The van der Waals surface area contributed by atoms with Crippen LogP contribution in [0.4, 0.5) is 8.78 Å². The molecule has 1 aromatic heterocycles. The molecule has 1 amide bonds. The van der Waals surface area contributed by atoms with Gasteiger partial charge in [-0.2, -0.15) is 0 Å². The monoisotopic (exact) mass is 348 g/mol. The van der Waals surface area contributed by atoms with E-state index in [9.17, 15) is 23.5 Å². The largest absolute Gasteiger partial charge is 0.388 e. The van der Waals surface area contributed by atoms with E-state index in [0.29, 0.717) is 25.9 Å². The van der Waals surface area contributed by atoms with Crippen LogP contribution in [0.15, 0.2) is 41.3 Å². The maximum atomic E-state index is 13.8. The van der Waals surface area contributed by atoms with Crippen LogP contribution in [0.2, 0.25) is 0 Å². The summed E-state index contributed by atoms with van der Waals surface area (Å²) < 4.78 is 27.1. The third-order valence-corrected chi connectivity index (χ3v) is 4.60. The fraction of sp³-hybridized carbons (Fsp3) is 0.333. The van der Waals surface area contributed by atoms with Crippen molar-refractivity contribution in [3.63, 3.8) is 0 Å². The summed E-state index contributed by atoms with van der Waals surface area (Å²) in [6.45, 7) is 0.678. The smallest absolute Gasteiger partial charge is 0.260 e. The lowest BCUT2D eigenvalue weighted by molar-refractivity contribution is 0.0447. The van der Waals surface area contributed by atoms with E-state index in [4.69, 9.17) is 0 Å². The SMILES string of the molecule is O=C(c1ccc[nH]c1=O)N1CCC([C@H](O)c2cc(F)ccc2F)CC1. The van der Waals surface area contributed by atoms with E-state index >= 15 is 0 Å². The third kappa shape index (κ3) is 3.61. The standard InChI is InChI=1S/C18H18F2N2O3/c19-12-3-4-15(20)14(10-12)16(23)11-5-8-22(9-6-11)18(25)13-2-1-7-21-17(13)24/h1-4,7,10-11,16,23H,5-6,8-9H2,(H,21,24)/t16-/m0/s1. The number of nitrogens with one attached hydrogen (secondary N) is 1. The maximum Gasteiger partial charge on any atom is 0.260 e. The fourth-order valence-corrected chi connectivity index (χ4v) is 3.17. The molecule has 0 bridgehead atoms. The molecule has 1 aromatic carbocycles. The van der Waals surface area contributed by atoms with E-state index in [-0.39, 0.29) is 23.0 Å². The molecule has 2 aromatic rings. The van der Waals surface area contributed by atoms with Gasteiger partial charge in [0.25, 0.3) is 11.5 Å². The molecule has 0 radical (unpaired) electrons. The van der Waals surface area contributed by atoms with Gasteiger partial charge in [-0.3, -0.25) is 9.59 Å². The number of aliphatic hydroxyl groups excluding tert-OH is 1. The zero-order valence-electron chi connectivity index (χ0n) is 13.4. The summed E-state index contributed by atoms with van der Waals surface area (Å²) in [7, 11) is 0. The number of aliphatic hydroxyl groups is 1. The van der Waals surface area contributed by atoms with Gasteiger partial charge in [-0.05, 0) is 49.1 Å². The van der Waals surface area contributed by atoms with Gasteiger partial charge in [0.2, 0.25) is 0 Å². The summed E-state index contributed by atoms with van der Waals surface area (Å²) in [6.07, 6.45) is 1.20. The van der Waals surface area contributed by atoms with Crippen molar-refractivity contribution in [2.45, 2.75) is 18.9 Å². The Hall–Kier alpha value is -2.54. The Balaban J connectivity index is 1.67. The summed E-state index contributed by atoms with van der Waals surface area (Å²) in [6, 6.07) is 6.04. The highest BCUT2D eigenvalue weighted by Crippen LogP contribution is 2.32. The molecule has 2 N–H and O–H groups in total. The second kappa shape index (κ2) is 7.14. The minimum Gasteiger partial charge on any atom is -0.388 e. The first-order chi connectivity index (χ1) is 12.0. The van der Waals surface area contributed by atoms with Crippen molar-refractivity contribution in [3.05, 3.63) is 69.6 Å². The number of hydrogen-bond acceptors (Lipinski definition) is 3. The van der Waals surface area contributed by atoms with E-state index in [2.05, 4.69) is 4.98 Å². The van der Waals surface area contributed by atoms with Crippen LogP contribution in [0.25, 0.3) is 0 Å². The molecule has 1 atom stereocenters. The van der Waals surface area contributed by atoms with Crippen molar-refractivity contribution in [1.82, 2.24) is 9.88 Å². The van der Waals surface area contributed by atoms with Gasteiger partial charge in [0, 0.05) is 24.8 Å². The molecule has 0 spiro atoms. The molecule has 0 aliphatic carbocycles. The number of rotatable bonds is 3. The van der Waals surface area contributed by atoms with Crippen molar-refractivity contribution in [1.29, 1.82) is 0 Å². The Kier molecular flexibility index (Phi) is 4.94. The van der Waals surface area contributed by atoms with Crippen molar-refractivity contribution < 1.29 is 18.7 Å². The summed E-state index contributed by atoms with van der Waals surface area (Å²) in [5.74, 6) is -1.91. The number of amides is 1. The lowest BCUT2D eigenvalue weighted by Crippen LogP contribution is -2.41. The predicted molar refractivity (Wildman–Crippen MR) is 87.0 cm³/mol. The fourth-order valence-electron chi connectivity index (χ4n) is 3.17. The summed E-state index contributed by atoms with van der Waals surface area (Å²) in [4.78, 5) is 28.1. The highest BCUT2D eigenvalue weighted by molar-refractivity contribution is 5.93. The van der Waals surface area contributed by atoms with Gasteiger partial charge < -0.3 is 15.0 Å². The number of carbonyl (C=O) groups is 1. The van der Waals surface area contributed by atoms with Gasteiger partial charge in [-0.15, -0.1) is 0 Å². The topological polar surface area (TPSA) is 73.4 Å². The number of H-pyrrole nitrogens is 1. The summed E-state index contributed by atoms with van der Waals surface area (Å²) >= 11 is 0. The van der Waals surface area contributed by atoms with Gasteiger partial charge in [0.1, 0.15) is 17.2 Å². The summed E-state index contributed by atoms with van der Waals surface area (Å²) in [5, 5.41) is 10.4. The van der Waals surface area contributed by atoms with Crippen LogP contribution < -0.4 is 5.56 Å². The van der Waals surface area contributed by atoms with Crippen LogP contribution in [-0.2, 0) is 0 Å². The number of hydrogen-bond donors (Lipinski definition) is 2. The zero-order chi connectivity index (χ0) is 18.0. The van der Waals surface area contributed by atoms with Gasteiger partial charge >= 0.3 is 0 Å². The number of aromatic amines is 1. The van der Waals surface area contributed by atoms with E-state index in [1.165, 1.54) is 17.2 Å². The Labute approximate surface area is 142 Å². The Morgan fingerprint density at radius 1 is 1.24 bits per heavy atom. The van der Waals surface area contributed by atoms with Crippen molar-refractivity contribution >= 4 is 5.91 Å². The molecule has 0 unspecified atom stereocenters. The molecule has 1 saturated heterocycles. The van der Waals surface area contributed by atoms with E-state index < -0.39 is 23.3 Å². The predicted octanol–water partition coefficient (Wildman–Crippen LogP) is 2.24. The second-order valence-electron chi connectivity index (χ2n) is 6.15. The number of pyridine rings is 1. The van der Waals surface area contributed by atoms with Crippen LogP contribution >= 0.6 is 0 Å². The third-order valence-electron chi connectivity index (χ3n) is 4.60. The Morgan fingerprint density at radius 3 is 2.64 bits per heavy atom. The average molecular weight is 348 g/mol. The normalized spacial score (nSPS) is 16.7. The number of piperidine rings is 1. The van der Waals surface area contributed by atoms with Gasteiger partial charge in [-0.1, -0.05) is 0 Å². The first-order valence-corrected chi connectivity index (χ1v) is 8.07. The maximum absolute atomic E-state index is 13.8.